The molecule has 0 rings (SSSR count). The molecule has 0 radical (unpaired) electrons. The lowest BCUT2D eigenvalue weighted by molar-refractivity contribution is -0.123. The fourth-order valence-corrected chi connectivity index (χ4v) is 2.01. The molecule has 0 saturated carbocycles. The number of hydrogen-bond donors (Lipinski definition) is 18. The average molecular weight is 547 g/mol. The van der Waals surface area contributed by atoms with Crippen LogP contribution in [0.15, 0.2) is 0 Å². The van der Waals surface area contributed by atoms with Gasteiger partial charge in [0, 0.05) is 0 Å². The Morgan fingerprint density at radius 2 is 0.306 bits per heavy atom. The van der Waals surface area contributed by atoms with E-state index in [1.54, 1.807) is 0 Å². The Morgan fingerprint density at radius 1 is 0.222 bits per heavy atom. The van der Waals surface area contributed by atoms with Gasteiger partial charge in [0.25, 0.3) is 0 Å². The monoisotopic (exact) mass is 546 g/mol. The van der Waals surface area contributed by atoms with Gasteiger partial charge in [-0.1, -0.05) is 0 Å². The first-order chi connectivity index (χ1) is 16.6. The van der Waals surface area contributed by atoms with E-state index in [9.17, 15) is 0 Å². The van der Waals surface area contributed by atoms with Gasteiger partial charge in [0.05, 0.1) is 39.6 Å². The van der Waals surface area contributed by atoms with E-state index >= 15 is 0 Å². The number of rotatable bonds is 15. The minimum Gasteiger partial charge on any atom is -0.394 e. The first kappa shape index (κ1) is 39.8. The Balaban J connectivity index is -0.000000454. The molecule has 0 bridgehead atoms. The van der Waals surface area contributed by atoms with Crippen molar-refractivity contribution in [1.82, 2.24) is 0 Å². The van der Waals surface area contributed by atoms with Crippen LogP contribution >= 0.6 is 0 Å². The summed E-state index contributed by atoms with van der Waals surface area (Å²) < 4.78 is 0. The summed E-state index contributed by atoms with van der Waals surface area (Å²) in [6.07, 6.45) is -19.2. The second kappa shape index (κ2) is 22.3. The zero-order valence-electron chi connectivity index (χ0n) is 19.2. The molecule has 0 fully saturated rings. The van der Waals surface area contributed by atoms with E-state index in [1.807, 2.05) is 0 Å². The standard InChI is InChI=1S/3C6H14O6/c3*7-1-3(9)5(11)6(12)4(10)2-8/h3*3-12H,1-2H2/t3*3-,4-,5-,6-/m111/s1. The zero-order valence-corrected chi connectivity index (χ0v) is 19.2. The Kier molecular flexibility index (Phi) is 24.6. The molecule has 0 aromatic rings. The van der Waals surface area contributed by atoms with Gasteiger partial charge in [-0.2, -0.15) is 0 Å². The van der Waals surface area contributed by atoms with E-state index in [0.717, 1.165) is 0 Å². The van der Waals surface area contributed by atoms with E-state index in [2.05, 4.69) is 0 Å². The van der Waals surface area contributed by atoms with Crippen molar-refractivity contribution in [2.24, 2.45) is 0 Å². The van der Waals surface area contributed by atoms with Crippen LogP contribution in [0.2, 0.25) is 0 Å². The molecule has 0 saturated heterocycles. The van der Waals surface area contributed by atoms with Crippen molar-refractivity contribution in [3.8, 4) is 0 Å². The van der Waals surface area contributed by atoms with E-state index in [0.29, 0.717) is 0 Å². The van der Waals surface area contributed by atoms with Crippen molar-refractivity contribution in [2.45, 2.75) is 73.2 Å². The van der Waals surface area contributed by atoms with Crippen molar-refractivity contribution in [3.05, 3.63) is 0 Å². The fraction of sp³-hybridized carbons (Fsp3) is 1.00. The van der Waals surface area contributed by atoms with Crippen LogP contribution < -0.4 is 0 Å². The molecule has 12 atom stereocenters. The predicted molar refractivity (Wildman–Crippen MR) is 115 cm³/mol. The molecule has 0 unspecified atom stereocenters. The van der Waals surface area contributed by atoms with Gasteiger partial charge in [-0.05, 0) is 0 Å². The molecule has 222 valence electrons. The summed E-state index contributed by atoms with van der Waals surface area (Å²) in [5.74, 6) is 0. The molecule has 0 aromatic heterocycles. The molecule has 18 heteroatoms. The van der Waals surface area contributed by atoms with Crippen molar-refractivity contribution in [2.75, 3.05) is 39.6 Å². The van der Waals surface area contributed by atoms with Crippen molar-refractivity contribution >= 4 is 0 Å². The van der Waals surface area contributed by atoms with E-state index in [-0.39, 0.29) is 0 Å². The van der Waals surface area contributed by atoms with Crippen LogP contribution in [0.5, 0.6) is 0 Å². The summed E-state index contributed by atoms with van der Waals surface area (Å²) in [6.45, 7) is -4.35. The Labute approximate surface area is 205 Å². The third kappa shape index (κ3) is 15.5. The lowest BCUT2D eigenvalue weighted by atomic mass is 10.0. The SMILES string of the molecule is OC[C@@H](O)[C@@H](O)[C@H](O)[C@H](O)CO.OC[C@@H](O)[C@@H](O)[C@H](O)[C@H](O)CO.OC[C@@H](O)[C@@H](O)[C@H](O)[C@H](O)CO. The average Bonchev–Trinajstić information content (AvgIpc) is 2.92. The van der Waals surface area contributed by atoms with Crippen LogP contribution in [0.4, 0.5) is 0 Å². The van der Waals surface area contributed by atoms with Gasteiger partial charge < -0.3 is 91.9 Å². The van der Waals surface area contributed by atoms with Crippen LogP contribution in [0.1, 0.15) is 0 Å². The summed E-state index contributed by atoms with van der Waals surface area (Å²) in [5.41, 5.74) is 0. The molecule has 0 amide bonds. The second-order valence-electron chi connectivity index (χ2n) is 7.44. The summed E-state index contributed by atoms with van der Waals surface area (Å²) >= 11 is 0. The minimum atomic E-state index is -1.67. The topological polar surface area (TPSA) is 364 Å². The second-order valence-corrected chi connectivity index (χ2v) is 7.44. The van der Waals surface area contributed by atoms with E-state index < -0.39 is 113 Å². The van der Waals surface area contributed by atoms with Crippen LogP contribution in [0.3, 0.4) is 0 Å². The van der Waals surface area contributed by atoms with Gasteiger partial charge in [0.15, 0.2) is 0 Å². The highest BCUT2D eigenvalue weighted by atomic mass is 16.4. The molecule has 0 heterocycles. The zero-order chi connectivity index (χ0) is 29.2. The van der Waals surface area contributed by atoms with Gasteiger partial charge in [-0.15, -0.1) is 0 Å². The number of aliphatic hydroxyl groups excluding tert-OH is 18. The van der Waals surface area contributed by atoms with Gasteiger partial charge in [0.1, 0.15) is 73.2 Å². The molecule has 0 aliphatic carbocycles. The summed E-state index contributed by atoms with van der Waals surface area (Å²) in [4.78, 5) is 0. The predicted octanol–water partition coefficient (Wildman–Crippen LogP) is -10.8. The summed E-state index contributed by atoms with van der Waals surface area (Å²) in [5, 5.41) is 157. The molecule has 0 aromatic carbocycles. The lowest BCUT2D eigenvalue weighted by Crippen LogP contribution is -2.46. The van der Waals surface area contributed by atoms with Crippen LogP contribution in [-0.4, -0.2) is 205 Å². The number of aliphatic hydroxyl groups is 18. The highest BCUT2D eigenvalue weighted by Crippen LogP contribution is 2.05. The Morgan fingerprint density at radius 3 is 0.361 bits per heavy atom. The minimum absolute atomic E-state index is 0.726. The maximum Gasteiger partial charge on any atom is 0.111 e. The van der Waals surface area contributed by atoms with E-state index in [4.69, 9.17) is 91.9 Å². The number of hydrogen-bond acceptors (Lipinski definition) is 18. The summed E-state index contributed by atoms with van der Waals surface area (Å²) in [6, 6.07) is 0. The first-order valence-corrected chi connectivity index (χ1v) is 10.4. The molecule has 18 nitrogen and oxygen atoms in total. The molecule has 0 aliphatic heterocycles. The largest absolute Gasteiger partial charge is 0.394 e. The van der Waals surface area contributed by atoms with Crippen LogP contribution in [0, 0.1) is 0 Å². The fourth-order valence-electron chi connectivity index (χ4n) is 2.01. The maximum absolute atomic E-state index is 8.96. The quantitative estimate of drug-likeness (QED) is 0.0905. The van der Waals surface area contributed by atoms with Crippen LogP contribution in [-0.2, 0) is 0 Å². The van der Waals surface area contributed by atoms with Gasteiger partial charge in [0.2, 0.25) is 0 Å². The molecular weight excluding hydrogens is 504 g/mol. The summed E-state index contributed by atoms with van der Waals surface area (Å²) in [7, 11) is 0. The Hall–Kier alpha value is -0.720. The smallest absolute Gasteiger partial charge is 0.111 e. The molecule has 36 heavy (non-hydrogen) atoms. The van der Waals surface area contributed by atoms with Gasteiger partial charge in [-0.25, -0.2) is 0 Å². The van der Waals surface area contributed by atoms with Crippen LogP contribution in [0.25, 0.3) is 0 Å². The van der Waals surface area contributed by atoms with Crippen molar-refractivity contribution in [1.29, 1.82) is 0 Å². The van der Waals surface area contributed by atoms with Gasteiger partial charge >= 0.3 is 0 Å². The van der Waals surface area contributed by atoms with E-state index in [1.165, 1.54) is 0 Å². The van der Waals surface area contributed by atoms with Gasteiger partial charge in [-0.3, -0.25) is 0 Å². The highest BCUT2D eigenvalue weighted by Gasteiger charge is 2.31. The molecule has 0 spiro atoms. The maximum atomic E-state index is 8.96. The molecule has 0 aliphatic rings. The van der Waals surface area contributed by atoms with Crippen molar-refractivity contribution in [3.63, 3.8) is 0 Å². The normalized spacial score (nSPS) is 21.5. The first-order valence-electron chi connectivity index (χ1n) is 10.4. The highest BCUT2D eigenvalue weighted by molar-refractivity contribution is 4.81. The Bertz CT molecular complexity index is 380. The van der Waals surface area contributed by atoms with Crippen molar-refractivity contribution < 1.29 is 91.9 Å². The third-order valence-electron chi connectivity index (χ3n) is 4.54. The lowest BCUT2D eigenvalue weighted by Gasteiger charge is -2.24. The molecule has 18 N–H and O–H groups in total. The molecular formula is C18H42O18. The third-order valence-corrected chi connectivity index (χ3v) is 4.54.